The van der Waals surface area contributed by atoms with Crippen LogP contribution in [0.3, 0.4) is 0 Å². The first-order valence-electron chi connectivity index (χ1n) is 11.3. The third-order valence-electron chi connectivity index (χ3n) is 6.21. The first kappa shape index (κ1) is 21.7. The molecule has 0 saturated heterocycles. The van der Waals surface area contributed by atoms with Crippen molar-refractivity contribution < 1.29 is 0 Å². The van der Waals surface area contributed by atoms with Crippen molar-refractivity contribution in [2.24, 2.45) is 7.05 Å². The Hall–Kier alpha value is -4.15. The minimum atomic E-state index is -0.278. The van der Waals surface area contributed by atoms with E-state index in [1.165, 1.54) is 4.57 Å². The molecule has 0 fully saturated rings. The monoisotopic (exact) mass is 451 g/mol. The molecule has 3 heterocycles. The van der Waals surface area contributed by atoms with Crippen molar-refractivity contribution >= 4 is 0 Å². The standard InChI is InChI=1S/C27H25N5O2/c1-29-25-13-16-30(15-5-8-21-6-3-2-4-7-21)19-24(25)26(33)32(27(29)34)18-22-9-11-23(12-10-22)31-17-14-28-20-31/h2-4,6-7,9-12,14,17,20H,13,15-16,18-19H2,1H3. The van der Waals surface area contributed by atoms with Gasteiger partial charge in [-0.1, -0.05) is 42.2 Å². The molecule has 7 nitrogen and oxygen atoms in total. The molecule has 0 radical (unpaired) electrons. The number of imidazole rings is 1. The van der Waals surface area contributed by atoms with Crippen LogP contribution >= 0.6 is 0 Å². The molecule has 0 aliphatic carbocycles. The maximum atomic E-state index is 13.4. The predicted molar refractivity (Wildman–Crippen MR) is 131 cm³/mol. The second-order valence-corrected chi connectivity index (χ2v) is 8.42. The summed E-state index contributed by atoms with van der Waals surface area (Å²) in [5.41, 5.74) is 3.86. The highest BCUT2D eigenvalue weighted by molar-refractivity contribution is 5.35. The minimum absolute atomic E-state index is 0.211. The fourth-order valence-corrected chi connectivity index (χ4v) is 4.33. The molecule has 0 N–H and O–H groups in total. The summed E-state index contributed by atoms with van der Waals surface area (Å²) in [6, 6.07) is 17.7. The summed E-state index contributed by atoms with van der Waals surface area (Å²) in [5, 5.41) is 0. The Morgan fingerprint density at radius 2 is 1.82 bits per heavy atom. The molecule has 4 aromatic rings. The summed E-state index contributed by atoms with van der Waals surface area (Å²) < 4.78 is 4.87. The number of hydrogen-bond donors (Lipinski definition) is 0. The third kappa shape index (κ3) is 4.36. The highest BCUT2D eigenvalue weighted by Gasteiger charge is 2.23. The largest absolute Gasteiger partial charge is 0.331 e. The van der Waals surface area contributed by atoms with Gasteiger partial charge in [-0.05, 0) is 29.8 Å². The molecule has 0 saturated carbocycles. The number of hydrogen-bond acceptors (Lipinski definition) is 4. The minimum Gasteiger partial charge on any atom is -0.306 e. The van der Waals surface area contributed by atoms with Crippen LogP contribution in [0.2, 0.25) is 0 Å². The van der Waals surface area contributed by atoms with Gasteiger partial charge in [0.25, 0.3) is 5.56 Å². The van der Waals surface area contributed by atoms with Gasteiger partial charge in [-0.15, -0.1) is 0 Å². The zero-order chi connectivity index (χ0) is 23.5. The fraction of sp³-hybridized carbons (Fsp3) is 0.222. The Balaban J connectivity index is 1.38. The Bertz CT molecular complexity index is 1470. The summed E-state index contributed by atoms with van der Waals surface area (Å²) in [5.74, 6) is 6.38. The summed E-state index contributed by atoms with van der Waals surface area (Å²) >= 11 is 0. The van der Waals surface area contributed by atoms with E-state index in [9.17, 15) is 9.59 Å². The molecule has 0 bridgehead atoms. The summed E-state index contributed by atoms with van der Waals surface area (Å²) in [4.78, 5) is 32.6. The lowest BCUT2D eigenvalue weighted by Crippen LogP contribution is -2.47. The van der Waals surface area contributed by atoms with Gasteiger partial charge in [0, 0.05) is 55.9 Å². The summed E-state index contributed by atoms with van der Waals surface area (Å²) in [6.45, 7) is 2.07. The average Bonchev–Trinajstić information content (AvgIpc) is 3.41. The maximum absolute atomic E-state index is 13.4. The van der Waals surface area contributed by atoms with E-state index < -0.39 is 0 Å². The van der Waals surface area contributed by atoms with E-state index in [1.807, 2.05) is 65.4 Å². The number of fused-ring (bicyclic) bond motifs is 1. The molecule has 1 aliphatic rings. The third-order valence-corrected chi connectivity index (χ3v) is 6.21. The average molecular weight is 452 g/mol. The maximum Gasteiger partial charge on any atom is 0.331 e. The molecule has 2 aromatic carbocycles. The van der Waals surface area contributed by atoms with E-state index in [4.69, 9.17) is 0 Å². The lowest BCUT2D eigenvalue weighted by molar-refractivity contribution is 0.275. The summed E-state index contributed by atoms with van der Waals surface area (Å²) in [7, 11) is 1.75. The van der Waals surface area contributed by atoms with Crippen molar-refractivity contribution in [2.75, 3.05) is 13.1 Å². The molecular weight excluding hydrogens is 426 g/mol. The van der Waals surface area contributed by atoms with Crippen molar-refractivity contribution in [1.29, 1.82) is 0 Å². The molecule has 0 amide bonds. The van der Waals surface area contributed by atoms with Gasteiger partial charge in [-0.25, -0.2) is 9.78 Å². The molecule has 0 atom stereocenters. The van der Waals surface area contributed by atoms with Crippen LogP contribution < -0.4 is 11.2 Å². The van der Waals surface area contributed by atoms with Crippen molar-refractivity contribution in [3.63, 3.8) is 0 Å². The first-order chi connectivity index (χ1) is 16.6. The second-order valence-electron chi connectivity index (χ2n) is 8.42. The van der Waals surface area contributed by atoms with Crippen LogP contribution in [0, 0.1) is 11.8 Å². The molecule has 2 aromatic heterocycles. The van der Waals surface area contributed by atoms with Crippen molar-refractivity contribution in [2.45, 2.75) is 19.5 Å². The van der Waals surface area contributed by atoms with Crippen LogP contribution in [0.15, 0.2) is 82.9 Å². The van der Waals surface area contributed by atoms with Gasteiger partial charge in [-0.2, -0.15) is 0 Å². The Morgan fingerprint density at radius 3 is 2.56 bits per heavy atom. The van der Waals surface area contributed by atoms with Crippen molar-refractivity contribution in [3.05, 3.63) is 117 Å². The van der Waals surface area contributed by atoms with Gasteiger partial charge in [-0.3, -0.25) is 14.3 Å². The topological polar surface area (TPSA) is 65.1 Å². The lowest BCUT2D eigenvalue weighted by Gasteiger charge is -2.28. The first-order valence-corrected chi connectivity index (χ1v) is 11.3. The van der Waals surface area contributed by atoms with Gasteiger partial charge in [0.2, 0.25) is 0 Å². The van der Waals surface area contributed by atoms with Gasteiger partial charge in [0.15, 0.2) is 0 Å². The fourth-order valence-electron chi connectivity index (χ4n) is 4.33. The molecule has 0 spiro atoms. The Kier molecular flexibility index (Phi) is 5.98. The van der Waals surface area contributed by atoms with Gasteiger partial charge in [0.1, 0.15) is 0 Å². The number of rotatable bonds is 4. The quantitative estimate of drug-likeness (QED) is 0.446. The lowest BCUT2D eigenvalue weighted by atomic mass is 10.1. The van der Waals surface area contributed by atoms with E-state index in [-0.39, 0.29) is 17.8 Å². The van der Waals surface area contributed by atoms with E-state index in [0.717, 1.165) is 29.1 Å². The highest BCUT2D eigenvalue weighted by Crippen LogP contribution is 2.15. The van der Waals surface area contributed by atoms with E-state index in [0.29, 0.717) is 25.1 Å². The van der Waals surface area contributed by atoms with E-state index >= 15 is 0 Å². The molecule has 34 heavy (non-hydrogen) atoms. The van der Waals surface area contributed by atoms with Crippen LogP contribution in [0.25, 0.3) is 5.69 Å². The SMILES string of the molecule is Cn1c2c(c(=O)n(Cc3ccc(-n4ccnc4)cc3)c1=O)CN(CC#Cc1ccccc1)CC2. The zero-order valence-electron chi connectivity index (χ0n) is 19.0. The highest BCUT2D eigenvalue weighted by atomic mass is 16.2. The van der Waals surface area contributed by atoms with Crippen LogP contribution in [-0.4, -0.2) is 36.7 Å². The number of nitrogens with zero attached hydrogens (tertiary/aromatic N) is 5. The molecule has 7 heteroatoms. The van der Waals surface area contributed by atoms with Crippen LogP contribution in [0.1, 0.15) is 22.4 Å². The van der Waals surface area contributed by atoms with Crippen molar-refractivity contribution in [3.8, 4) is 17.5 Å². The predicted octanol–water partition coefficient (Wildman–Crippen LogP) is 2.19. The normalized spacial score (nSPS) is 13.2. The Labute approximate surface area is 197 Å². The molecular formula is C27H25N5O2. The second kappa shape index (κ2) is 9.38. The molecule has 170 valence electrons. The smallest absolute Gasteiger partial charge is 0.306 e. The number of benzene rings is 2. The molecule has 5 rings (SSSR count). The van der Waals surface area contributed by atoms with Gasteiger partial charge in [0.05, 0.1) is 25.0 Å². The van der Waals surface area contributed by atoms with Crippen LogP contribution in [-0.2, 0) is 26.6 Å². The van der Waals surface area contributed by atoms with Crippen LogP contribution in [0.5, 0.6) is 0 Å². The molecule has 1 aliphatic heterocycles. The summed E-state index contributed by atoms with van der Waals surface area (Å²) in [6.07, 6.45) is 5.98. The van der Waals surface area contributed by atoms with Crippen molar-refractivity contribution in [1.82, 2.24) is 23.6 Å². The van der Waals surface area contributed by atoms with Gasteiger partial charge < -0.3 is 9.13 Å². The number of aromatic nitrogens is 4. The van der Waals surface area contributed by atoms with E-state index in [1.54, 1.807) is 24.1 Å². The Morgan fingerprint density at radius 1 is 1.03 bits per heavy atom. The zero-order valence-corrected chi connectivity index (χ0v) is 19.0. The van der Waals surface area contributed by atoms with Gasteiger partial charge >= 0.3 is 5.69 Å². The van der Waals surface area contributed by atoms with E-state index in [2.05, 4.69) is 21.7 Å². The van der Waals surface area contributed by atoms with Crippen LogP contribution in [0.4, 0.5) is 0 Å². The molecule has 0 unspecified atom stereocenters.